The highest BCUT2D eigenvalue weighted by molar-refractivity contribution is 6.10. The van der Waals surface area contributed by atoms with E-state index in [1.54, 1.807) is 0 Å². The minimum atomic E-state index is 0.393. The van der Waals surface area contributed by atoms with Crippen LogP contribution in [0.2, 0.25) is 0 Å². The van der Waals surface area contributed by atoms with E-state index in [9.17, 15) is 0 Å². The molecule has 1 atom stereocenters. The largest absolute Gasteiger partial charge is 0.313 e. The Morgan fingerprint density at radius 3 is 1.65 bits per heavy atom. The molecule has 2 nitrogen and oxygen atoms in total. The van der Waals surface area contributed by atoms with Crippen LogP contribution in [0.15, 0.2) is 163 Å². The van der Waals surface area contributed by atoms with Crippen LogP contribution < -0.4 is 0 Å². The fraction of sp³-hybridized carbons (Fsp3) is 0.120. The van der Waals surface area contributed by atoms with Crippen LogP contribution in [0.5, 0.6) is 0 Å². The van der Waals surface area contributed by atoms with Gasteiger partial charge in [0, 0.05) is 44.7 Å². The SMILES string of the molecule is Cc1ccccc1-c1cc(-c2ccccc2C)cc(-n2c3c(c4ccccc42)C=C(C2C=CC(n4c5ccccc5c5ccccc54)=CC2)CC3)c1. The molecule has 0 fully saturated rings. The van der Waals surface area contributed by atoms with Gasteiger partial charge in [-0.1, -0.05) is 127 Å². The van der Waals surface area contributed by atoms with E-state index in [4.69, 9.17) is 0 Å². The fourth-order valence-corrected chi connectivity index (χ4v) is 8.93. The molecule has 0 spiro atoms. The lowest BCUT2D eigenvalue weighted by molar-refractivity contribution is 0.701. The van der Waals surface area contributed by atoms with Gasteiger partial charge in [-0.25, -0.2) is 0 Å². The predicted octanol–water partition coefficient (Wildman–Crippen LogP) is 13.1. The zero-order valence-electron chi connectivity index (χ0n) is 29.7. The normalized spacial score (nSPS) is 15.6. The molecule has 0 saturated carbocycles. The first kappa shape index (κ1) is 30.7. The Hall–Kier alpha value is -6.12. The van der Waals surface area contributed by atoms with Gasteiger partial charge in [0.1, 0.15) is 0 Å². The highest BCUT2D eigenvalue weighted by Crippen LogP contribution is 2.42. The van der Waals surface area contributed by atoms with E-state index >= 15 is 0 Å². The molecule has 2 aliphatic rings. The summed E-state index contributed by atoms with van der Waals surface area (Å²) in [4.78, 5) is 0. The molecule has 0 bridgehead atoms. The quantitative estimate of drug-likeness (QED) is 0.173. The van der Waals surface area contributed by atoms with Gasteiger partial charge in [-0.3, -0.25) is 0 Å². The van der Waals surface area contributed by atoms with Crippen LogP contribution in [-0.4, -0.2) is 9.13 Å². The number of aryl methyl sites for hydroxylation is 2. The average Bonchev–Trinajstić information content (AvgIpc) is 3.71. The molecule has 0 saturated heterocycles. The molecule has 0 N–H and O–H groups in total. The summed E-state index contributed by atoms with van der Waals surface area (Å²) in [7, 11) is 0. The van der Waals surface area contributed by atoms with Crippen LogP contribution in [-0.2, 0) is 6.42 Å². The number of para-hydroxylation sites is 3. The van der Waals surface area contributed by atoms with Crippen LogP contribution >= 0.6 is 0 Å². The third-order valence-electron chi connectivity index (χ3n) is 11.5. The van der Waals surface area contributed by atoms with E-state index in [2.05, 4.69) is 187 Å². The van der Waals surface area contributed by atoms with Crippen molar-refractivity contribution in [2.24, 2.45) is 5.92 Å². The van der Waals surface area contributed by atoms with Gasteiger partial charge in [0.15, 0.2) is 0 Å². The number of fused-ring (bicyclic) bond motifs is 6. The van der Waals surface area contributed by atoms with Gasteiger partial charge in [-0.2, -0.15) is 0 Å². The molecule has 1 unspecified atom stereocenters. The van der Waals surface area contributed by atoms with Crippen molar-refractivity contribution < 1.29 is 0 Å². The second-order valence-corrected chi connectivity index (χ2v) is 14.5. The predicted molar refractivity (Wildman–Crippen MR) is 221 cm³/mol. The number of nitrogens with zero attached hydrogens (tertiary/aromatic N) is 2. The van der Waals surface area contributed by atoms with Gasteiger partial charge in [-0.05, 0) is 109 Å². The highest BCUT2D eigenvalue weighted by atomic mass is 15.0. The molecule has 52 heavy (non-hydrogen) atoms. The van der Waals surface area contributed by atoms with Crippen molar-refractivity contribution in [1.29, 1.82) is 0 Å². The Morgan fingerprint density at radius 1 is 0.538 bits per heavy atom. The average molecular weight is 669 g/mol. The summed E-state index contributed by atoms with van der Waals surface area (Å²) in [6.07, 6.45) is 12.9. The van der Waals surface area contributed by atoms with Crippen LogP contribution in [0.4, 0.5) is 0 Å². The van der Waals surface area contributed by atoms with E-state index in [0.29, 0.717) is 5.92 Å². The smallest absolute Gasteiger partial charge is 0.0540 e. The van der Waals surface area contributed by atoms with Crippen molar-refractivity contribution in [2.75, 3.05) is 0 Å². The van der Waals surface area contributed by atoms with Crippen LogP contribution in [0.25, 0.3) is 72.4 Å². The summed E-state index contributed by atoms with van der Waals surface area (Å²) in [6.45, 7) is 4.44. The lowest BCUT2D eigenvalue weighted by atomic mass is 9.84. The van der Waals surface area contributed by atoms with E-state index in [-0.39, 0.29) is 0 Å². The molecule has 6 aromatic carbocycles. The topological polar surface area (TPSA) is 9.86 Å². The molecule has 2 aromatic heterocycles. The van der Waals surface area contributed by atoms with Gasteiger partial charge in [0.05, 0.1) is 16.6 Å². The molecule has 10 rings (SSSR count). The van der Waals surface area contributed by atoms with Gasteiger partial charge in [0.25, 0.3) is 0 Å². The van der Waals surface area contributed by atoms with Crippen molar-refractivity contribution in [3.8, 4) is 27.9 Å². The van der Waals surface area contributed by atoms with Crippen molar-refractivity contribution in [3.05, 3.63) is 186 Å². The molecule has 0 aliphatic heterocycles. The van der Waals surface area contributed by atoms with E-state index in [0.717, 1.165) is 19.3 Å². The number of rotatable bonds is 5. The van der Waals surface area contributed by atoms with Crippen molar-refractivity contribution in [3.63, 3.8) is 0 Å². The molecule has 0 amide bonds. The maximum Gasteiger partial charge on any atom is 0.0540 e. The van der Waals surface area contributed by atoms with Gasteiger partial charge < -0.3 is 9.13 Å². The Labute approximate surface area is 305 Å². The molecule has 8 aromatic rings. The second kappa shape index (κ2) is 12.3. The van der Waals surface area contributed by atoms with E-state index < -0.39 is 0 Å². The van der Waals surface area contributed by atoms with E-state index in [1.807, 2.05) is 0 Å². The number of hydrogen-bond acceptors (Lipinski definition) is 0. The lowest BCUT2D eigenvalue weighted by Crippen LogP contribution is -2.11. The summed E-state index contributed by atoms with van der Waals surface area (Å²) < 4.78 is 4.99. The summed E-state index contributed by atoms with van der Waals surface area (Å²) >= 11 is 0. The Morgan fingerprint density at radius 2 is 1.08 bits per heavy atom. The monoisotopic (exact) mass is 668 g/mol. The third-order valence-corrected chi connectivity index (χ3v) is 11.5. The van der Waals surface area contributed by atoms with Crippen molar-refractivity contribution in [1.82, 2.24) is 9.13 Å². The van der Waals surface area contributed by atoms with Crippen molar-refractivity contribution >= 4 is 44.5 Å². The lowest BCUT2D eigenvalue weighted by Gasteiger charge is -2.24. The molecule has 2 heteroatoms. The Balaban J connectivity index is 1.07. The van der Waals surface area contributed by atoms with Gasteiger partial charge in [0.2, 0.25) is 0 Å². The fourth-order valence-electron chi connectivity index (χ4n) is 8.93. The molecular formula is C50H40N2. The molecule has 250 valence electrons. The molecular weight excluding hydrogens is 629 g/mol. The van der Waals surface area contributed by atoms with Gasteiger partial charge >= 0.3 is 0 Å². The first-order valence-electron chi connectivity index (χ1n) is 18.6. The summed E-state index contributed by atoms with van der Waals surface area (Å²) in [5.74, 6) is 0.393. The second-order valence-electron chi connectivity index (χ2n) is 14.5. The molecule has 0 radical (unpaired) electrons. The number of aromatic nitrogens is 2. The summed E-state index contributed by atoms with van der Waals surface area (Å²) in [6, 6.07) is 51.3. The highest BCUT2D eigenvalue weighted by Gasteiger charge is 2.25. The maximum absolute atomic E-state index is 2.55. The molecule has 2 aliphatic carbocycles. The molecule has 2 heterocycles. The third kappa shape index (κ3) is 4.93. The van der Waals surface area contributed by atoms with Crippen LogP contribution in [0.1, 0.15) is 35.2 Å². The zero-order chi connectivity index (χ0) is 34.8. The first-order valence-corrected chi connectivity index (χ1v) is 18.6. The minimum absolute atomic E-state index is 0.393. The van der Waals surface area contributed by atoms with Crippen LogP contribution in [0.3, 0.4) is 0 Å². The van der Waals surface area contributed by atoms with Crippen molar-refractivity contribution in [2.45, 2.75) is 33.1 Å². The summed E-state index contributed by atoms with van der Waals surface area (Å²) in [5.41, 5.74) is 18.3. The zero-order valence-corrected chi connectivity index (χ0v) is 29.7. The minimum Gasteiger partial charge on any atom is -0.313 e. The number of hydrogen-bond donors (Lipinski definition) is 0. The Bertz CT molecular complexity index is 2680. The number of benzene rings is 6. The first-order chi connectivity index (χ1) is 25.6. The maximum atomic E-state index is 2.55. The number of allylic oxidation sites excluding steroid dienone is 5. The Kier molecular flexibility index (Phi) is 7.25. The van der Waals surface area contributed by atoms with E-state index in [1.165, 1.54) is 94.3 Å². The van der Waals surface area contributed by atoms with Gasteiger partial charge in [-0.15, -0.1) is 0 Å². The summed E-state index contributed by atoms with van der Waals surface area (Å²) in [5, 5.41) is 3.95. The standard InChI is InChI=1S/C50H40N2/c1-33-13-3-5-15-41(33)37-29-38(42-16-6-4-14-34(42)2)31-40(30-37)52-49-22-12-9-19-45(49)46-32-36(25-28-50(46)52)35-23-26-39(27-24-35)51-47-20-10-7-17-43(47)44-18-8-11-21-48(44)51/h3-23,26-27,29-32,35H,24-25,28H2,1-2H3. The van der Waals surface area contributed by atoms with Crippen LogP contribution in [0, 0.1) is 19.8 Å².